The molecular weight excluding hydrogens is 757 g/mol. The zero-order valence-corrected chi connectivity index (χ0v) is 32.2. The summed E-state index contributed by atoms with van der Waals surface area (Å²) in [6.45, 7) is 2.04. The van der Waals surface area contributed by atoms with Gasteiger partial charge in [0.1, 0.15) is 24.1 Å². The first-order chi connectivity index (χ1) is 27.3. The standard InChI is InChI=1S/C41H39ClFN7O5S/c1-54-37-13-11-34-39(47-37)31(33(43)19-44-34)14-15-48-16-17-50(41(53)55-23-32-29-8-4-2-6-27(29)28-7-3-5-9-30(28)32)26(21-48)22-49(38(52)18-42)20-25-10-12-35-40(45-25)46-36(51)24-56-35/h2-13,19,26,32H,14-18,20-24H2,1H3,(H,45,46,51). The van der Waals surface area contributed by atoms with E-state index in [1.165, 1.54) is 25.1 Å². The van der Waals surface area contributed by atoms with Gasteiger partial charge in [0.15, 0.2) is 0 Å². The average Bonchev–Trinajstić information content (AvgIpc) is 3.54. The number of hydrogen-bond donors (Lipinski definition) is 1. The van der Waals surface area contributed by atoms with Crippen LogP contribution in [0, 0.1) is 5.82 Å². The minimum Gasteiger partial charge on any atom is -0.481 e. The Labute approximate surface area is 332 Å². The largest absolute Gasteiger partial charge is 0.481 e. The summed E-state index contributed by atoms with van der Waals surface area (Å²) in [6, 6.07) is 23.0. The van der Waals surface area contributed by atoms with Crippen LogP contribution < -0.4 is 10.1 Å². The Hall–Kier alpha value is -5.31. The molecule has 1 unspecified atom stereocenters. The number of methoxy groups -OCH3 is 1. The zero-order chi connectivity index (χ0) is 38.8. The number of anilines is 1. The van der Waals surface area contributed by atoms with E-state index in [-0.39, 0.29) is 43.3 Å². The van der Waals surface area contributed by atoms with Crippen LogP contribution in [0.2, 0.25) is 0 Å². The van der Waals surface area contributed by atoms with Crippen LogP contribution in [0.4, 0.5) is 15.0 Å². The summed E-state index contributed by atoms with van der Waals surface area (Å²) >= 11 is 7.56. The Morgan fingerprint density at radius 2 is 1.79 bits per heavy atom. The van der Waals surface area contributed by atoms with E-state index in [1.54, 1.807) is 21.9 Å². The number of alkyl halides is 1. The molecule has 15 heteroatoms. The number of halogens is 2. The van der Waals surface area contributed by atoms with Crippen molar-refractivity contribution in [3.63, 3.8) is 0 Å². The van der Waals surface area contributed by atoms with E-state index >= 15 is 4.39 Å². The predicted molar refractivity (Wildman–Crippen MR) is 211 cm³/mol. The number of fused-ring (bicyclic) bond motifs is 5. The second kappa shape index (κ2) is 16.4. The maximum Gasteiger partial charge on any atom is 0.410 e. The van der Waals surface area contributed by atoms with Crippen LogP contribution in [-0.2, 0) is 27.3 Å². The van der Waals surface area contributed by atoms with E-state index in [1.807, 2.05) is 36.4 Å². The molecule has 3 aliphatic rings. The number of benzene rings is 2. The number of piperazine rings is 1. The molecule has 2 aromatic carbocycles. The van der Waals surface area contributed by atoms with E-state index < -0.39 is 18.0 Å². The first kappa shape index (κ1) is 37.6. The van der Waals surface area contributed by atoms with Gasteiger partial charge in [-0.05, 0) is 46.9 Å². The van der Waals surface area contributed by atoms with E-state index in [0.717, 1.165) is 27.1 Å². The van der Waals surface area contributed by atoms with Gasteiger partial charge in [-0.1, -0.05) is 48.5 Å². The molecule has 56 heavy (non-hydrogen) atoms. The third-order valence-electron chi connectivity index (χ3n) is 10.5. The number of hydrogen-bond acceptors (Lipinski definition) is 10. The highest BCUT2D eigenvalue weighted by atomic mass is 35.5. The minimum atomic E-state index is -0.503. The van der Waals surface area contributed by atoms with E-state index in [4.69, 9.17) is 21.1 Å². The third kappa shape index (κ3) is 7.73. The molecule has 5 heterocycles. The van der Waals surface area contributed by atoms with Crippen molar-refractivity contribution in [3.05, 3.63) is 107 Å². The van der Waals surface area contributed by atoms with Crippen molar-refractivity contribution in [2.24, 2.45) is 0 Å². The molecule has 0 radical (unpaired) electrons. The average molecular weight is 796 g/mol. The smallest absolute Gasteiger partial charge is 0.410 e. The number of rotatable bonds is 11. The summed E-state index contributed by atoms with van der Waals surface area (Å²) in [5, 5.41) is 2.81. The number of aromatic nitrogens is 3. The monoisotopic (exact) mass is 795 g/mol. The lowest BCUT2D eigenvalue weighted by atomic mass is 9.98. The van der Waals surface area contributed by atoms with Gasteiger partial charge in [0, 0.05) is 50.3 Å². The first-order valence-electron chi connectivity index (χ1n) is 18.4. The fourth-order valence-electron chi connectivity index (χ4n) is 7.78. The molecule has 12 nitrogen and oxygen atoms in total. The van der Waals surface area contributed by atoms with Crippen LogP contribution in [0.3, 0.4) is 0 Å². The Balaban J connectivity index is 1.03. The Morgan fingerprint density at radius 1 is 1.02 bits per heavy atom. The molecule has 8 rings (SSSR count). The van der Waals surface area contributed by atoms with Gasteiger partial charge >= 0.3 is 6.09 Å². The quantitative estimate of drug-likeness (QED) is 0.160. The summed E-state index contributed by atoms with van der Waals surface area (Å²) < 4.78 is 26.7. The lowest BCUT2D eigenvalue weighted by molar-refractivity contribution is -0.130. The number of thioether (sulfide) groups is 1. The molecule has 1 saturated heterocycles. The van der Waals surface area contributed by atoms with Gasteiger partial charge in [-0.25, -0.2) is 19.2 Å². The number of carbonyl (C=O) groups is 3. The maximum absolute atomic E-state index is 15.3. The Morgan fingerprint density at radius 3 is 2.54 bits per heavy atom. The number of pyridine rings is 3. The van der Waals surface area contributed by atoms with Gasteiger partial charge in [-0.3, -0.25) is 19.5 Å². The van der Waals surface area contributed by atoms with Gasteiger partial charge in [-0.15, -0.1) is 23.4 Å². The highest BCUT2D eigenvalue weighted by Crippen LogP contribution is 2.44. The lowest BCUT2D eigenvalue weighted by Gasteiger charge is -2.42. The molecule has 0 spiro atoms. The molecule has 3 amide bonds. The number of nitrogens with one attached hydrogen (secondary N) is 1. The van der Waals surface area contributed by atoms with Crippen LogP contribution in [0.25, 0.3) is 22.2 Å². The molecule has 0 bridgehead atoms. The lowest BCUT2D eigenvalue weighted by Crippen LogP contribution is -2.59. The minimum absolute atomic E-state index is 0.107. The molecule has 1 N–H and O–H groups in total. The van der Waals surface area contributed by atoms with E-state index in [2.05, 4.69) is 49.4 Å². The second-order valence-corrected chi connectivity index (χ2v) is 15.2. The van der Waals surface area contributed by atoms with Gasteiger partial charge < -0.3 is 24.6 Å². The summed E-state index contributed by atoms with van der Waals surface area (Å²) in [5.74, 6) is -0.205. The van der Waals surface area contributed by atoms with Crippen molar-refractivity contribution in [1.29, 1.82) is 0 Å². The van der Waals surface area contributed by atoms with Crippen molar-refractivity contribution in [1.82, 2.24) is 29.7 Å². The Bertz CT molecular complexity index is 2270. The molecular formula is C41H39ClFN7O5S. The summed E-state index contributed by atoms with van der Waals surface area (Å²) in [6.07, 6.45) is 1.05. The van der Waals surface area contributed by atoms with Crippen LogP contribution in [0.1, 0.15) is 28.3 Å². The first-order valence-corrected chi connectivity index (χ1v) is 19.9. The van der Waals surface area contributed by atoms with Crippen molar-refractivity contribution < 1.29 is 28.2 Å². The van der Waals surface area contributed by atoms with Crippen molar-refractivity contribution in [3.8, 4) is 17.0 Å². The molecule has 2 aliphatic heterocycles. The van der Waals surface area contributed by atoms with E-state index in [0.29, 0.717) is 72.3 Å². The SMILES string of the molecule is COc1ccc2ncc(F)c(CCN3CCN(C(=O)OCC4c5ccccc5-c5ccccc54)C(CN(Cc4ccc5c(n4)NC(=O)CS5)C(=O)CCl)C3)c2n1. The topological polar surface area (TPSA) is 130 Å². The van der Waals surface area contributed by atoms with Crippen LogP contribution in [0.15, 0.2) is 83.9 Å². The molecule has 288 valence electrons. The highest BCUT2D eigenvalue weighted by molar-refractivity contribution is 8.00. The van der Waals surface area contributed by atoms with Crippen LogP contribution in [-0.4, -0.2) is 112 Å². The molecule has 1 atom stereocenters. The summed E-state index contributed by atoms with van der Waals surface area (Å²) in [4.78, 5) is 59.2. The number of ether oxygens (including phenoxy) is 2. The molecule has 0 saturated carbocycles. The number of nitrogens with zero attached hydrogens (tertiary/aromatic N) is 6. The van der Waals surface area contributed by atoms with Crippen molar-refractivity contribution in [2.75, 3.05) is 63.4 Å². The number of amides is 3. The Kier molecular flexibility index (Phi) is 11.0. The van der Waals surface area contributed by atoms with Crippen molar-refractivity contribution in [2.45, 2.75) is 29.8 Å². The molecule has 5 aromatic rings. The molecule has 1 fully saturated rings. The fourth-order valence-corrected chi connectivity index (χ4v) is 8.70. The van der Waals surface area contributed by atoms with Gasteiger partial charge in [-0.2, -0.15) is 0 Å². The van der Waals surface area contributed by atoms with Crippen molar-refractivity contribution >= 4 is 58.1 Å². The predicted octanol–water partition coefficient (Wildman–Crippen LogP) is 5.96. The molecule has 3 aromatic heterocycles. The number of carbonyl (C=O) groups excluding carboxylic acids is 3. The van der Waals surface area contributed by atoms with E-state index in [9.17, 15) is 14.4 Å². The summed E-state index contributed by atoms with van der Waals surface area (Å²) in [5.41, 5.74) is 6.46. The van der Waals surface area contributed by atoms with Gasteiger partial charge in [0.05, 0.1) is 53.3 Å². The normalized spacial score (nSPS) is 16.5. The fraction of sp³-hybridized carbons (Fsp3) is 0.317. The maximum atomic E-state index is 15.3. The highest BCUT2D eigenvalue weighted by Gasteiger charge is 2.36. The summed E-state index contributed by atoms with van der Waals surface area (Å²) in [7, 11) is 1.51. The molecule has 1 aliphatic carbocycles. The second-order valence-electron chi connectivity index (χ2n) is 13.9. The van der Waals surface area contributed by atoms with Gasteiger partial charge in [0.2, 0.25) is 17.7 Å². The zero-order valence-electron chi connectivity index (χ0n) is 30.6. The third-order valence-corrected chi connectivity index (χ3v) is 11.8. The van der Waals surface area contributed by atoms with Crippen LogP contribution >= 0.6 is 23.4 Å². The van der Waals surface area contributed by atoms with Gasteiger partial charge in [0.25, 0.3) is 0 Å². The van der Waals surface area contributed by atoms with Crippen LogP contribution in [0.5, 0.6) is 5.88 Å².